The predicted molar refractivity (Wildman–Crippen MR) is 59.5 cm³/mol. The van der Waals surface area contributed by atoms with Gasteiger partial charge in [-0.15, -0.1) is 0 Å². The second-order valence-electron chi connectivity index (χ2n) is 3.05. The molecule has 0 bridgehead atoms. The summed E-state index contributed by atoms with van der Waals surface area (Å²) in [6, 6.07) is 7.53. The van der Waals surface area contributed by atoms with Crippen LogP contribution in [0.2, 0.25) is 0 Å². The second-order valence-corrected chi connectivity index (χ2v) is 3.05. The number of hydrogen-bond acceptors (Lipinski definition) is 3. The van der Waals surface area contributed by atoms with Crippen LogP contribution in [-0.2, 0) is 16.1 Å². The van der Waals surface area contributed by atoms with Crippen molar-refractivity contribution in [2.75, 3.05) is 18.5 Å². The lowest BCUT2D eigenvalue weighted by atomic mass is 10.2. The molecule has 0 spiro atoms. The van der Waals surface area contributed by atoms with Crippen LogP contribution in [0.4, 0.5) is 5.69 Å². The lowest BCUT2D eigenvalue weighted by Gasteiger charge is -2.09. The van der Waals surface area contributed by atoms with Crippen molar-refractivity contribution in [1.82, 2.24) is 0 Å². The standard InChI is InChI=1S/C11H16N2O2/c1-2-15-8-9-5-3-4-6-10(9)13-11(14)7-12/h3-6H,2,7-8,12H2,1H3,(H,13,14). The molecule has 1 aromatic rings. The largest absolute Gasteiger partial charge is 0.377 e. The summed E-state index contributed by atoms with van der Waals surface area (Å²) < 4.78 is 5.29. The van der Waals surface area contributed by atoms with Crippen molar-refractivity contribution in [1.29, 1.82) is 0 Å². The van der Waals surface area contributed by atoms with E-state index >= 15 is 0 Å². The van der Waals surface area contributed by atoms with Crippen LogP contribution in [-0.4, -0.2) is 19.1 Å². The zero-order valence-corrected chi connectivity index (χ0v) is 8.82. The summed E-state index contributed by atoms with van der Waals surface area (Å²) in [6.07, 6.45) is 0. The molecule has 0 aromatic heterocycles. The van der Waals surface area contributed by atoms with Crippen molar-refractivity contribution >= 4 is 11.6 Å². The average Bonchev–Trinajstić information content (AvgIpc) is 2.28. The SMILES string of the molecule is CCOCc1ccccc1NC(=O)CN. The van der Waals surface area contributed by atoms with Gasteiger partial charge in [-0.2, -0.15) is 0 Å². The van der Waals surface area contributed by atoms with Crippen molar-refractivity contribution in [3.05, 3.63) is 29.8 Å². The zero-order chi connectivity index (χ0) is 11.1. The van der Waals surface area contributed by atoms with Gasteiger partial charge in [-0.05, 0) is 13.0 Å². The molecule has 0 heterocycles. The van der Waals surface area contributed by atoms with E-state index in [1.165, 1.54) is 0 Å². The molecule has 4 heteroatoms. The van der Waals surface area contributed by atoms with Crippen molar-refractivity contribution in [3.8, 4) is 0 Å². The number of nitrogens with one attached hydrogen (secondary N) is 1. The first-order valence-electron chi connectivity index (χ1n) is 4.93. The van der Waals surface area contributed by atoms with Gasteiger partial charge in [-0.3, -0.25) is 4.79 Å². The van der Waals surface area contributed by atoms with E-state index in [4.69, 9.17) is 10.5 Å². The number of hydrogen-bond donors (Lipinski definition) is 2. The minimum Gasteiger partial charge on any atom is -0.377 e. The van der Waals surface area contributed by atoms with Gasteiger partial charge in [0.25, 0.3) is 0 Å². The van der Waals surface area contributed by atoms with Crippen molar-refractivity contribution in [2.45, 2.75) is 13.5 Å². The monoisotopic (exact) mass is 208 g/mol. The summed E-state index contributed by atoms with van der Waals surface area (Å²) in [4.78, 5) is 11.1. The number of para-hydroxylation sites is 1. The molecule has 0 fully saturated rings. The van der Waals surface area contributed by atoms with Crippen molar-refractivity contribution < 1.29 is 9.53 Å². The molecule has 0 aliphatic carbocycles. The third-order valence-electron chi connectivity index (χ3n) is 1.94. The topological polar surface area (TPSA) is 64.3 Å². The summed E-state index contributed by atoms with van der Waals surface area (Å²) in [5, 5.41) is 2.73. The van der Waals surface area contributed by atoms with Crippen LogP contribution in [0, 0.1) is 0 Å². The molecule has 0 unspecified atom stereocenters. The van der Waals surface area contributed by atoms with E-state index in [0.717, 1.165) is 11.3 Å². The Bertz CT molecular complexity index is 326. The van der Waals surface area contributed by atoms with Gasteiger partial charge in [-0.25, -0.2) is 0 Å². The predicted octanol–water partition coefficient (Wildman–Crippen LogP) is 1.12. The highest BCUT2D eigenvalue weighted by Gasteiger charge is 2.04. The van der Waals surface area contributed by atoms with Crippen LogP contribution in [0.1, 0.15) is 12.5 Å². The normalized spacial score (nSPS) is 10.0. The lowest BCUT2D eigenvalue weighted by molar-refractivity contribution is -0.114. The van der Waals surface area contributed by atoms with E-state index in [0.29, 0.717) is 13.2 Å². The number of rotatable bonds is 5. The number of ether oxygens (including phenoxy) is 1. The first kappa shape index (κ1) is 11.7. The molecule has 4 nitrogen and oxygen atoms in total. The Morgan fingerprint density at radius 3 is 2.87 bits per heavy atom. The summed E-state index contributed by atoms with van der Waals surface area (Å²) >= 11 is 0. The number of carbonyl (C=O) groups excluding carboxylic acids is 1. The molecule has 0 aliphatic rings. The molecule has 1 amide bonds. The summed E-state index contributed by atoms with van der Waals surface area (Å²) in [5.41, 5.74) is 6.95. The Hall–Kier alpha value is -1.39. The Morgan fingerprint density at radius 2 is 2.20 bits per heavy atom. The van der Waals surface area contributed by atoms with Gasteiger partial charge in [0.05, 0.1) is 13.2 Å². The fourth-order valence-corrected chi connectivity index (χ4v) is 1.18. The van der Waals surface area contributed by atoms with E-state index in [2.05, 4.69) is 5.32 Å². The smallest absolute Gasteiger partial charge is 0.238 e. The maximum Gasteiger partial charge on any atom is 0.238 e. The quantitative estimate of drug-likeness (QED) is 0.762. The average molecular weight is 208 g/mol. The fraction of sp³-hybridized carbons (Fsp3) is 0.364. The molecule has 82 valence electrons. The van der Waals surface area contributed by atoms with Gasteiger partial charge in [0, 0.05) is 17.9 Å². The molecule has 1 rings (SSSR count). The zero-order valence-electron chi connectivity index (χ0n) is 8.82. The minimum absolute atomic E-state index is 0.0109. The van der Waals surface area contributed by atoms with Crippen LogP contribution in [0.25, 0.3) is 0 Å². The van der Waals surface area contributed by atoms with Gasteiger partial charge in [0.1, 0.15) is 0 Å². The number of nitrogens with two attached hydrogens (primary N) is 1. The first-order valence-corrected chi connectivity index (χ1v) is 4.93. The lowest BCUT2D eigenvalue weighted by Crippen LogP contribution is -2.22. The molecular weight excluding hydrogens is 192 g/mol. The van der Waals surface area contributed by atoms with Crippen LogP contribution in [0.3, 0.4) is 0 Å². The second kappa shape index (κ2) is 6.16. The van der Waals surface area contributed by atoms with Gasteiger partial charge in [0.15, 0.2) is 0 Å². The highest BCUT2D eigenvalue weighted by atomic mass is 16.5. The molecule has 1 aromatic carbocycles. The summed E-state index contributed by atoms with van der Waals surface area (Å²) in [7, 11) is 0. The van der Waals surface area contributed by atoms with Crippen LogP contribution in [0.5, 0.6) is 0 Å². The van der Waals surface area contributed by atoms with Crippen molar-refractivity contribution in [3.63, 3.8) is 0 Å². The molecule has 0 saturated heterocycles. The van der Waals surface area contributed by atoms with Gasteiger partial charge < -0.3 is 15.8 Å². The van der Waals surface area contributed by atoms with Crippen LogP contribution < -0.4 is 11.1 Å². The highest BCUT2D eigenvalue weighted by molar-refractivity contribution is 5.92. The molecule has 0 atom stereocenters. The Balaban J connectivity index is 2.72. The van der Waals surface area contributed by atoms with E-state index in [9.17, 15) is 4.79 Å². The van der Waals surface area contributed by atoms with Crippen molar-refractivity contribution in [2.24, 2.45) is 5.73 Å². The Kier molecular flexibility index (Phi) is 4.80. The van der Waals surface area contributed by atoms with Crippen LogP contribution in [0.15, 0.2) is 24.3 Å². The summed E-state index contributed by atoms with van der Waals surface area (Å²) in [5.74, 6) is -0.195. The Morgan fingerprint density at radius 1 is 1.47 bits per heavy atom. The van der Waals surface area contributed by atoms with Gasteiger partial charge in [-0.1, -0.05) is 18.2 Å². The number of amides is 1. The molecule has 15 heavy (non-hydrogen) atoms. The maximum atomic E-state index is 11.1. The minimum atomic E-state index is -0.195. The van der Waals surface area contributed by atoms with Gasteiger partial charge >= 0.3 is 0 Å². The number of anilines is 1. The Labute approximate surface area is 89.4 Å². The molecular formula is C11H16N2O2. The van der Waals surface area contributed by atoms with E-state index in [1.54, 1.807) is 0 Å². The van der Waals surface area contributed by atoms with E-state index in [1.807, 2.05) is 31.2 Å². The van der Waals surface area contributed by atoms with Crippen LogP contribution >= 0.6 is 0 Å². The maximum absolute atomic E-state index is 11.1. The molecule has 0 aliphatic heterocycles. The number of benzene rings is 1. The van der Waals surface area contributed by atoms with Gasteiger partial charge in [0.2, 0.25) is 5.91 Å². The fourth-order valence-electron chi connectivity index (χ4n) is 1.18. The molecule has 3 N–H and O–H groups in total. The molecule has 0 radical (unpaired) electrons. The molecule has 0 saturated carbocycles. The first-order chi connectivity index (χ1) is 7.27. The highest BCUT2D eigenvalue weighted by Crippen LogP contribution is 2.15. The summed E-state index contributed by atoms with van der Waals surface area (Å²) in [6.45, 7) is 3.07. The van der Waals surface area contributed by atoms with E-state index < -0.39 is 0 Å². The third kappa shape index (κ3) is 3.69. The third-order valence-corrected chi connectivity index (χ3v) is 1.94. The number of carbonyl (C=O) groups is 1. The van der Waals surface area contributed by atoms with E-state index in [-0.39, 0.29) is 12.5 Å².